The van der Waals surface area contributed by atoms with Crippen molar-refractivity contribution in [2.24, 2.45) is 0 Å². The van der Waals surface area contributed by atoms with Gasteiger partial charge in [-0.15, -0.1) is 0 Å². The first-order valence-electron chi connectivity index (χ1n) is 5.58. The number of sulfone groups is 1. The molecular weight excluding hydrogens is 238 g/mol. The van der Waals surface area contributed by atoms with Crippen LogP contribution in [0.1, 0.15) is 13.3 Å². The molecule has 0 radical (unpaired) electrons. The summed E-state index contributed by atoms with van der Waals surface area (Å²) in [7, 11) is -1.32. The topological polar surface area (TPSA) is 55.4 Å². The molecule has 0 aliphatic rings. The van der Waals surface area contributed by atoms with Crippen LogP contribution in [0.3, 0.4) is 0 Å². The third kappa shape index (κ3) is 4.36. The van der Waals surface area contributed by atoms with Gasteiger partial charge in [-0.1, -0.05) is 13.0 Å². The van der Waals surface area contributed by atoms with Gasteiger partial charge in [0.1, 0.15) is 11.9 Å². The number of likely N-dealkylation sites (N-methyl/N-ethyl adjacent to an activating group) is 1. The van der Waals surface area contributed by atoms with Gasteiger partial charge in [0.25, 0.3) is 0 Å². The number of nitrogens with one attached hydrogen (secondary N) is 1. The lowest BCUT2D eigenvalue weighted by atomic mass is 10.2. The highest BCUT2D eigenvalue weighted by Gasteiger charge is 2.10. The van der Waals surface area contributed by atoms with Gasteiger partial charge in [-0.25, -0.2) is 8.42 Å². The third-order valence-electron chi connectivity index (χ3n) is 2.42. The number of benzene rings is 1. The molecule has 1 aromatic rings. The highest BCUT2D eigenvalue weighted by molar-refractivity contribution is 7.90. The standard InChI is InChI=1S/C12H19NO3S/c1-4-10(9-13-2)16-11-6-5-7-12(8-11)17(3,14)15/h5-8,10,13H,4,9H2,1-3H3. The van der Waals surface area contributed by atoms with Gasteiger partial charge < -0.3 is 10.1 Å². The van der Waals surface area contributed by atoms with Crippen molar-refractivity contribution >= 4 is 9.84 Å². The van der Waals surface area contributed by atoms with Crippen LogP contribution in [0.25, 0.3) is 0 Å². The first kappa shape index (κ1) is 14.0. The van der Waals surface area contributed by atoms with E-state index in [1.807, 2.05) is 14.0 Å². The molecule has 4 nitrogen and oxygen atoms in total. The molecule has 0 heterocycles. The Hall–Kier alpha value is -1.07. The fourth-order valence-electron chi connectivity index (χ4n) is 1.47. The number of ether oxygens (including phenoxy) is 1. The van der Waals surface area contributed by atoms with E-state index in [1.54, 1.807) is 24.3 Å². The van der Waals surface area contributed by atoms with E-state index in [2.05, 4.69) is 5.32 Å². The summed E-state index contributed by atoms with van der Waals surface area (Å²) in [4.78, 5) is 0.286. The second-order valence-electron chi connectivity index (χ2n) is 3.95. The Morgan fingerprint density at radius 2 is 2.12 bits per heavy atom. The summed E-state index contributed by atoms with van der Waals surface area (Å²) < 4.78 is 28.5. The van der Waals surface area contributed by atoms with Gasteiger partial charge in [0, 0.05) is 12.8 Å². The predicted molar refractivity (Wildman–Crippen MR) is 68.2 cm³/mol. The summed E-state index contributed by atoms with van der Waals surface area (Å²) in [5, 5.41) is 3.04. The molecule has 0 saturated heterocycles. The van der Waals surface area contributed by atoms with Crippen molar-refractivity contribution in [1.29, 1.82) is 0 Å². The van der Waals surface area contributed by atoms with Gasteiger partial charge in [-0.05, 0) is 31.7 Å². The Kier molecular flexibility index (Phi) is 4.96. The monoisotopic (exact) mass is 257 g/mol. The van der Waals surface area contributed by atoms with Gasteiger partial charge in [0.15, 0.2) is 9.84 Å². The molecule has 0 aliphatic carbocycles. The normalized spacial score (nSPS) is 13.4. The maximum absolute atomic E-state index is 11.4. The molecule has 0 fully saturated rings. The Balaban J connectivity index is 2.85. The summed E-state index contributed by atoms with van der Waals surface area (Å²) in [6.45, 7) is 2.77. The van der Waals surface area contributed by atoms with Gasteiger partial charge in [0.05, 0.1) is 4.90 Å². The van der Waals surface area contributed by atoms with E-state index in [-0.39, 0.29) is 11.0 Å². The third-order valence-corrected chi connectivity index (χ3v) is 3.53. The van der Waals surface area contributed by atoms with Crippen LogP contribution in [0.2, 0.25) is 0 Å². The van der Waals surface area contributed by atoms with Crippen LogP contribution in [-0.4, -0.2) is 34.4 Å². The highest BCUT2D eigenvalue weighted by Crippen LogP contribution is 2.19. The van der Waals surface area contributed by atoms with E-state index in [0.29, 0.717) is 5.75 Å². The molecule has 0 spiro atoms. The second kappa shape index (κ2) is 6.02. The van der Waals surface area contributed by atoms with Crippen LogP contribution in [-0.2, 0) is 9.84 Å². The molecule has 0 aromatic heterocycles. The lowest BCUT2D eigenvalue weighted by Gasteiger charge is -2.17. The van der Waals surface area contributed by atoms with Crippen LogP contribution in [0.15, 0.2) is 29.2 Å². The average Bonchev–Trinajstić information content (AvgIpc) is 2.28. The molecule has 0 aliphatic heterocycles. The fourth-order valence-corrected chi connectivity index (χ4v) is 2.12. The highest BCUT2D eigenvalue weighted by atomic mass is 32.2. The molecule has 1 rings (SSSR count). The van der Waals surface area contributed by atoms with Crippen molar-refractivity contribution in [3.8, 4) is 5.75 Å². The zero-order chi connectivity index (χ0) is 12.9. The van der Waals surface area contributed by atoms with E-state index in [0.717, 1.165) is 13.0 Å². The van der Waals surface area contributed by atoms with Gasteiger partial charge >= 0.3 is 0 Å². The first-order chi connectivity index (χ1) is 7.97. The average molecular weight is 257 g/mol. The number of rotatable bonds is 6. The van der Waals surface area contributed by atoms with E-state index in [9.17, 15) is 8.42 Å². The van der Waals surface area contributed by atoms with E-state index >= 15 is 0 Å². The van der Waals surface area contributed by atoms with Gasteiger partial charge in [-0.3, -0.25) is 0 Å². The Morgan fingerprint density at radius 3 is 2.65 bits per heavy atom. The summed E-state index contributed by atoms with van der Waals surface area (Å²) in [6.07, 6.45) is 2.11. The molecule has 96 valence electrons. The van der Waals surface area contributed by atoms with Crippen molar-refractivity contribution in [3.05, 3.63) is 24.3 Å². The SMILES string of the molecule is CCC(CNC)Oc1cccc(S(C)(=O)=O)c1. The minimum atomic E-state index is -3.18. The smallest absolute Gasteiger partial charge is 0.175 e. The van der Waals surface area contributed by atoms with Crippen molar-refractivity contribution in [2.45, 2.75) is 24.3 Å². The molecule has 0 amide bonds. The number of hydrogen-bond donors (Lipinski definition) is 1. The Morgan fingerprint density at radius 1 is 1.41 bits per heavy atom. The summed E-state index contributed by atoms with van der Waals surface area (Å²) >= 11 is 0. The molecule has 1 unspecified atom stereocenters. The number of hydrogen-bond acceptors (Lipinski definition) is 4. The van der Waals surface area contributed by atoms with E-state index in [1.165, 1.54) is 6.26 Å². The van der Waals surface area contributed by atoms with Crippen molar-refractivity contribution in [1.82, 2.24) is 5.32 Å². The zero-order valence-electron chi connectivity index (χ0n) is 10.4. The second-order valence-corrected chi connectivity index (χ2v) is 5.97. The van der Waals surface area contributed by atoms with Crippen LogP contribution in [0.5, 0.6) is 5.75 Å². The largest absolute Gasteiger partial charge is 0.489 e. The lowest BCUT2D eigenvalue weighted by molar-refractivity contribution is 0.196. The summed E-state index contributed by atoms with van der Waals surface area (Å²) in [5.74, 6) is 0.593. The van der Waals surface area contributed by atoms with E-state index < -0.39 is 9.84 Å². The predicted octanol–water partition coefficient (Wildman–Crippen LogP) is 1.47. The molecule has 0 saturated carbocycles. The zero-order valence-corrected chi connectivity index (χ0v) is 11.3. The van der Waals surface area contributed by atoms with Crippen LogP contribution in [0, 0.1) is 0 Å². The van der Waals surface area contributed by atoms with E-state index in [4.69, 9.17) is 4.74 Å². The Bertz CT molecular complexity index is 457. The molecule has 5 heteroatoms. The maximum atomic E-state index is 11.4. The lowest BCUT2D eigenvalue weighted by Crippen LogP contribution is -2.28. The molecular formula is C12H19NO3S. The van der Waals surface area contributed by atoms with Gasteiger partial charge in [0.2, 0.25) is 0 Å². The molecule has 1 atom stereocenters. The van der Waals surface area contributed by atoms with Crippen molar-refractivity contribution < 1.29 is 13.2 Å². The summed E-state index contributed by atoms with van der Waals surface area (Å²) in [6, 6.07) is 6.60. The molecule has 1 N–H and O–H groups in total. The molecule has 1 aromatic carbocycles. The van der Waals surface area contributed by atoms with Crippen molar-refractivity contribution in [3.63, 3.8) is 0 Å². The maximum Gasteiger partial charge on any atom is 0.175 e. The van der Waals surface area contributed by atoms with Crippen LogP contribution < -0.4 is 10.1 Å². The minimum Gasteiger partial charge on any atom is -0.489 e. The fraction of sp³-hybridized carbons (Fsp3) is 0.500. The molecule has 17 heavy (non-hydrogen) atoms. The summed E-state index contributed by atoms with van der Waals surface area (Å²) in [5.41, 5.74) is 0. The quantitative estimate of drug-likeness (QED) is 0.838. The molecule has 0 bridgehead atoms. The van der Waals surface area contributed by atoms with Crippen molar-refractivity contribution in [2.75, 3.05) is 19.8 Å². The minimum absolute atomic E-state index is 0.0508. The first-order valence-corrected chi connectivity index (χ1v) is 7.48. The van der Waals surface area contributed by atoms with Crippen LogP contribution in [0.4, 0.5) is 0 Å². The Labute approximate surface area is 103 Å². The van der Waals surface area contributed by atoms with Crippen LogP contribution >= 0.6 is 0 Å². The van der Waals surface area contributed by atoms with Gasteiger partial charge in [-0.2, -0.15) is 0 Å².